The topological polar surface area (TPSA) is 62.3 Å². The third kappa shape index (κ3) is 1.91. The second kappa shape index (κ2) is 2.79. The first-order chi connectivity index (χ1) is 5.06. The Kier molecular flexibility index (Phi) is 2.15. The second-order valence-electron chi connectivity index (χ2n) is 3.32. The molecule has 0 radical (unpaired) electrons. The summed E-state index contributed by atoms with van der Waals surface area (Å²) in [5.74, 6) is 0.225. The third-order valence-corrected chi connectivity index (χ3v) is 2.00. The van der Waals surface area contributed by atoms with Crippen LogP contribution in [0.3, 0.4) is 0 Å². The molecule has 0 saturated carbocycles. The van der Waals surface area contributed by atoms with E-state index < -0.39 is 0 Å². The summed E-state index contributed by atoms with van der Waals surface area (Å²) in [6.07, 6.45) is 0. The number of hydrogen-bond acceptors (Lipinski definition) is 3. The van der Waals surface area contributed by atoms with Gasteiger partial charge in [-0.2, -0.15) is 0 Å². The largest absolute Gasteiger partial charge is 0.387 e. The number of likely N-dealkylation sites (tertiary alicyclic amines) is 1. The number of nitrogens with two attached hydrogens (primary N) is 1. The van der Waals surface area contributed by atoms with Crippen molar-refractivity contribution in [1.82, 2.24) is 4.90 Å². The molecular formula is C7H15N3O. The lowest BCUT2D eigenvalue weighted by Crippen LogP contribution is -2.62. The first-order valence-electron chi connectivity index (χ1n) is 3.66. The maximum atomic E-state index is 7.04. The van der Waals surface area contributed by atoms with Crippen LogP contribution in [0, 0.1) is 5.41 Å². The zero-order valence-corrected chi connectivity index (χ0v) is 7.05. The van der Waals surface area contributed by atoms with E-state index in [1.165, 1.54) is 0 Å². The number of methoxy groups -OCH3 is 1. The van der Waals surface area contributed by atoms with E-state index in [0.717, 1.165) is 13.1 Å². The van der Waals surface area contributed by atoms with Crippen LogP contribution in [-0.2, 0) is 4.74 Å². The molecule has 0 aromatic rings. The van der Waals surface area contributed by atoms with Crippen molar-refractivity contribution < 1.29 is 4.74 Å². The fraction of sp³-hybridized carbons (Fsp3) is 0.857. The van der Waals surface area contributed by atoms with E-state index in [0.29, 0.717) is 6.54 Å². The SMILES string of the molecule is COC1(C)CN(CC(=N)N)C1. The molecule has 4 heteroatoms. The zero-order valence-electron chi connectivity index (χ0n) is 7.05. The Hall–Kier alpha value is -0.610. The lowest BCUT2D eigenvalue weighted by molar-refractivity contribution is -0.105. The normalized spacial score (nSPS) is 22.7. The summed E-state index contributed by atoms with van der Waals surface area (Å²) in [6, 6.07) is 0. The van der Waals surface area contributed by atoms with E-state index in [4.69, 9.17) is 15.9 Å². The van der Waals surface area contributed by atoms with Gasteiger partial charge in [-0.3, -0.25) is 10.3 Å². The second-order valence-corrected chi connectivity index (χ2v) is 3.32. The van der Waals surface area contributed by atoms with E-state index in [1.807, 2.05) is 0 Å². The Morgan fingerprint density at radius 3 is 2.64 bits per heavy atom. The maximum Gasteiger partial charge on any atom is 0.105 e. The van der Waals surface area contributed by atoms with E-state index in [2.05, 4.69) is 11.8 Å². The number of rotatable bonds is 3. The van der Waals surface area contributed by atoms with E-state index in [1.54, 1.807) is 7.11 Å². The monoisotopic (exact) mass is 157 g/mol. The van der Waals surface area contributed by atoms with Crippen LogP contribution in [0.15, 0.2) is 0 Å². The third-order valence-electron chi connectivity index (χ3n) is 2.00. The lowest BCUT2D eigenvalue weighted by atomic mass is 9.97. The minimum atomic E-state index is -0.00451. The predicted molar refractivity (Wildman–Crippen MR) is 43.8 cm³/mol. The summed E-state index contributed by atoms with van der Waals surface area (Å²) < 4.78 is 5.23. The van der Waals surface area contributed by atoms with E-state index in [9.17, 15) is 0 Å². The Balaban J connectivity index is 2.23. The van der Waals surface area contributed by atoms with Crippen molar-refractivity contribution in [3.05, 3.63) is 0 Å². The molecule has 4 nitrogen and oxygen atoms in total. The van der Waals surface area contributed by atoms with Crippen molar-refractivity contribution in [1.29, 1.82) is 5.41 Å². The van der Waals surface area contributed by atoms with Gasteiger partial charge in [0.1, 0.15) is 5.84 Å². The molecule has 3 N–H and O–H groups in total. The summed E-state index contributed by atoms with van der Waals surface area (Å²) in [5.41, 5.74) is 5.23. The molecule has 1 aliphatic heterocycles. The van der Waals surface area contributed by atoms with Gasteiger partial charge in [-0.25, -0.2) is 0 Å². The number of ether oxygens (including phenoxy) is 1. The first kappa shape index (κ1) is 8.49. The molecular weight excluding hydrogens is 142 g/mol. The van der Waals surface area contributed by atoms with Gasteiger partial charge in [-0.15, -0.1) is 0 Å². The van der Waals surface area contributed by atoms with Gasteiger partial charge in [0.15, 0.2) is 0 Å². The quantitative estimate of drug-likeness (QED) is 0.434. The molecule has 0 aromatic heterocycles. The highest BCUT2D eigenvalue weighted by molar-refractivity contribution is 5.79. The summed E-state index contributed by atoms with van der Waals surface area (Å²) in [7, 11) is 1.71. The molecule has 64 valence electrons. The maximum absolute atomic E-state index is 7.04. The Morgan fingerprint density at radius 2 is 2.27 bits per heavy atom. The minimum Gasteiger partial charge on any atom is -0.387 e. The molecule has 0 aliphatic carbocycles. The van der Waals surface area contributed by atoms with Crippen molar-refractivity contribution in [3.63, 3.8) is 0 Å². The molecule has 0 amide bonds. The highest BCUT2D eigenvalue weighted by Gasteiger charge is 2.38. The summed E-state index contributed by atoms with van der Waals surface area (Å²) in [5, 5.41) is 7.04. The van der Waals surface area contributed by atoms with Crippen LogP contribution >= 0.6 is 0 Å². The molecule has 0 aromatic carbocycles. The van der Waals surface area contributed by atoms with Crippen LogP contribution < -0.4 is 5.73 Å². The molecule has 0 unspecified atom stereocenters. The number of nitrogens with one attached hydrogen (secondary N) is 1. The van der Waals surface area contributed by atoms with Crippen molar-refractivity contribution in [2.45, 2.75) is 12.5 Å². The van der Waals surface area contributed by atoms with Gasteiger partial charge in [-0.05, 0) is 6.92 Å². The van der Waals surface area contributed by atoms with E-state index in [-0.39, 0.29) is 11.4 Å². The lowest BCUT2D eigenvalue weighted by Gasteiger charge is -2.46. The number of nitrogens with zero attached hydrogens (tertiary/aromatic N) is 1. The van der Waals surface area contributed by atoms with Crippen LogP contribution in [0.1, 0.15) is 6.92 Å². The predicted octanol–water partition coefficient (Wildman–Crippen LogP) is -0.357. The fourth-order valence-electron chi connectivity index (χ4n) is 1.38. The summed E-state index contributed by atoms with van der Waals surface area (Å²) in [6.45, 7) is 4.38. The molecule has 0 spiro atoms. The van der Waals surface area contributed by atoms with Gasteiger partial charge < -0.3 is 10.5 Å². The average molecular weight is 157 g/mol. The van der Waals surface area contributed by atoms with Crippen LogP contribution in [0.25, 0.3) is 0 Å². The average Bonchev–Trinajstić information content (AvgIpc) is 1.83. The van der Waals surface area contributed by atoms with Gasteiger partial charge in [0, 0.05) is 20.2 Å². The molecule has 0 bridgehead atoms. The fourth-order valence-corrected chi connectivity index (χ4v) is 1.38. The molecule has 0 atom stereocenters. The van der Waals surface area contributed by atoms with Crippen LogP contribution in [0.4, 0.5) is 0 Å². The Morgan fingerprint density at radius 1 is 1.73 bits per heavy atom. The van der Waals surface area contributed by atoms with Gasteiger partial charge in [0.25, 0.3) is 0 Å². The van der Waals surface area contributed by atoms with Crippen molar-refractivity contribution in [2.24, 2.45) is 5.73 Å². The highest BCUT2D eigenvalue weighted by Crippen LogP contribution is 2.22. The highest BCUT2D eigenvalue weighted by atomic mass is 16.5. The summed E-state index contributed by atoms with van der Waals surface area (Å²) in [4.78, 5) is 2.09. The molecule has 1 fully saturated rings. The standard InChI is InChI=1S/C7H15N3O/c1-7(11-2)4-10(5-7)3-6(8)9/h3-5H2,1-2H3,(H3,8,9). The Labute approximate surface area is 66.8 Å². The van der Waals surface area contributed by atoms with Crippen LogP contribution in [0.2, 0.25) is 0 Å². The molecule has 1 heterocycles. The van der Waals surface area contributed by atoms with Gasteiger partial charge >= 0.3 is 0 Å². The summed E-state index contributed by atoms with van der Waals surface area (Å²) >= 11 is 0. The van der Waals surface area contributed by atoms with Crippen LogP contribution in [0.5, 0.6) is 0 Å². The van der Waals surface area contributed by atoms with E-state index >= 15 is 0 Å². The zero-order chi connectivity index (χ0) is 8.48. The smallest absolute Gasteiger partial charge is 0.105 e. The van der Waals surface area contributed by atoms with Gasteiger partial charge in [0.2, 0.25) is 0 Å². The van der Waals surface area contributed by atoms with Gasteiger partial charge in [-0.1, -0.05) is 0 Å². The van der Waals surface area contributed by atoms with Crippen LogP contribution in [-0.4, -0.2) is 43.1 Å². The number of hydrogen-bond donors (Lipinski definition) is 2. The Bertz CT molecular complexity index is 163. The van der Waals surface area contributed by atoms with Crippen molar-refractivity contribution in [2.75, 3.05) is 26.7 Å². The molecule has 1 rings (SSSR count). The van der Waals surface area contributed by atoms with Gasteiger partial charge in [0.05, 0.1) is 12.1 Å². The minimum absolute atomic E-state index is 0.00451. The molecule has 1 aliphatic rings. The van der Waals surface area contributed by atoms with Crippen molar-refractivity contribution >= 4 is 5.84 Å². The van der Waals surface area contributed by atoms with Crippen molar-refractivity contribution in [3.8, 4) is 0 Å². The first-order valence-corrected chi connectivity index (χ1v) is 3.66. The number of amidine groups is 1. The molecule has 1 saturated heterocycles. The molecule has 11 heavy (non-hydrogen) atoms.